The van der Waals surface area contributed by atoms with Crippen molar-refractivity contribution in [2.45, 2.75) is 44.8 Å². The van der Waals surface area contributed by atoms with Crippen LogP contribution in [0.5, 0.6) is 0 Å². The van der Waals surface area contributed by atoms with Crippen LogP contribution in [0.15, 0.2) is 0 Å². The van der Waals surface area contributed by atoms with Crippen LogP contribution < -0.4 is 11.1 Å². The van der Waals surface area contributed by atoms with Crippen molar-refractivity contribution in [1.29, 1.82) is 0 Å². The van der Waals surface area contributed by atoms with E-state index in [1.54, 1.807) is 0 Å². The smallest absolute Gasteiger partial charge is 0.0700 e. The largest absolute Gasteiger partial charge is 0.377 e. The van der Waals surface area contributed by atoms with Gasteiger partial charge in [0.15, 0.2) is 0 Å². The Balaban J connectivity index is 1.96. The van der Waals surface area contributed by atoms with Crippen molar-refractivity contribution >= 4 is 11.8 Å². The number of hydrogen-bond acceptors (Lipinski definition) is 4. The average molecular weight is 258 g/mol. The minimum Gasteiger partial charge on any atom is -0.377 e. The highest BCUT2D eigenvalue weighted by Gasteiger charge is 2.45. The summed E-state index contributed by atoms with van der Waals surface area (Å²) in [6, 6.07) is 0. The predicted molar refractivity (Wildman–Crippen MR) is 74.5 cm³/mol. The second kappa shape index (κ2) is 5.47. The summed E-state index contributed by atoms with van der Waals surface area (Å²) in [6.07, 6.45) is 4.05. The lowest BCUT2D eigenvalue weighted by atomic mass is 9.70. The zero-order valence-electron chi connectivity index (χ0n) is 11.1. The number of nitrogens with one attached hydrogen (secondary N) is 1. The molecule has 4 heteroatoms. The van der Waals surface area contributed by atoms with Gasteiger partial charge >= 0.3 is 0 Å². The van der Waals surface area contributed by atoms with Crippen LogP contribution in [0.25, 0.3) is 0 Å². The number of thioether (sulfide) groups is 1. The molecule has 0 radical (unpaired) electrons. The fraction of sp³-hybridized carbons (Fsp3) is 1.00. The Labute approximate surface area is 109 Å². The molecule has 2 heterocycles. The third kappa shape index (κ3) is 2.80. The van der Waals surface area contributed by atoms with Gasteiger partial charge in [0, 0.05) is 31.0 Å². The minimum atomic E-state index is 0.0852. The van der Waals surface area contributed by atoms with Gasteiger partial charge in [-0.05, 0) is 30.4 Å². The normalized spacial score (nSPS) is 37.2. The highest BCUT2D eigenvalue weighted by molar-refractivity contribution is 7.99. The van der Waals surface area contributed by atoms with Crippen molar-refractivity contribution in [3.05, 3.63) is 0 Å². The second-order valence-electron chi connectivity index (χ2n) is 5.99. The van der Waals surface area contributed by atoms with Gasteiger partial charge < -0.3 is 15.8 Å². The molecule has 0 aromatic heterocycles. The Morgan fingerprint density at radius 3 is 2.88 bits per heavy atom. The summed E-state index contributed by atoms with van der Waals surface area (Å²) in [5.74, 6) is 2.39. The highest BCUT2D eigenvalue weighted by Crippen LogP contribution is 2.41. The quantitative estimate of drug-likeness (QED) is 0.804. The molecule has 3 nitrogen and oxygen atoms in total. The lowest BCUT2D eigenvalue weighted by Gasteiger charge is -2.50. The van der Waals surface area contributed by atoms with Crippen LogP contribution >= 0.6 is 11.8 Å². The van der Waals surface area contributed by atoms with Gasteiger partial charge in [0.2, 0.25) is 0 Å². The molecule has 2 saturated heterocycles. The SMILES string of the molecule is CC1(C)CCSCC1(CN)NCC1CCCO1. The molecule has 0 aromatic carbocycles. The molecule has 2 aliphatic rings. The Bertz CT molecular complexity index is 254. The fourth-order valence-corrected chi connectivity index (χ4v) is 4.58. The molecule has 100 valence electrons. The molecule has 0 saturated carbocycles. The van der Waals surface area contributed by atoms with E-state index in [1.807, 2.05) is 11.8 Å². The van der Waals surface area contributed by atoms with E-state index in [2.05, 4.69) is 19.2 Å². The first-order valence-electron chi connectivity index (χ1n) is 6.74. The van der Waals surface area contributed by atoms with Gasteiger partial charge in [0.05, 0.1) is 6.10 Å². The van der Waals surface area contributed by atoms with Crippen molar-refractivity contribution in [3.8, 4) is 0 Å². The number of hydrogen-bond donors (Lipinski definition) is 2. The van der Waals surface area contributed by atoms with Gasteiger partial charge in [-0.1, -0.05) is 13.8 Å². The topological polar surface area (TPSA) is 47.3 Å². The highest BCUT2D eigenvalue weighted by atomic mass is 32.2. The number of nitrogens with two attached hydrogens (primary N) is 1. The van der Waals surface area contributed by atoms with Crippen molar-refractivity contribution < 1.29 is 4.74 Å². The number of ether oxygens (including phenoxy) is 1. The van der Waals surface area contributed by atoms with Crippen LogP contribution in [-0.4, -0.2) is 42.8 Å². The van der Waals surface area contributed by atoms with Crippen molar-refractivity contribution in [2.75, 3.05) is 31.2 Å². The maximum Gasteiger partial charge on any atom is 0.0700 e. The van der Waals surface area contributed by atoms with Crippen molar-refractivity contribution in [3.63, 3.8) is 0 Å². The van der Waals surface area contributed by atoms with E-state index in [1.165, 1.54) is 25.0 Å². The molecular formula is C13H26N2OS. The molecular weight excluding hydrogens is 232 g/mol. The van der Waals surface area contributed by atoms with Crippen LogP contribution in [0.1, 0.15) is 33.1 Å². The third-order valence-corrected chi connectivity index (χ3v) is 5.75. The lowest BCUT2D eigenvalue weighted by Crippen LogP contribution is -2.65. The van der Waals surface area contributed by atoms with Crippen LogP contribution in [0.3, 0.4) is 0 Å². The fourth-order valence-electron chi connectivity index (χ4n) is 2.82. The summed E-state index contributed by atoms with van der Waals surface area (Å²) in [4.78, 5) is 0. The Hall–Kier alpha value is 0.230. The summed E-state index contributed by atoms with van der Waals surface area (Å²) in [5, 5.41) is 3.75. The van der Waals surface area contributed by atoms with E-state index in [9.17, 15) is 0 Å². The molecule has 0 amide bonds. The minimum absolute atomic E-state index is 0.0852. The van der Waals surface area contributed by atoms with E-state index < -0.39 is 0 Å². The van der Waals surface area contributed by atoms with Crippen LogP contribution in [-0.2, 0) is 4.74 Å². The number of rotatable bonds is 4. The molecule has 0 aliphatic carbocycles. The van der Waals surface area contributed by atoms with Crippen molar-refractivity contribution in [2.24, 2.45) is 11.1 Å². The van der Waals surface area contributed by atoms with Crippen molar-refractivity contribution in [1.82, 2.24) is 5.32 Å². The first-order chi connectivity index (χ1) is 8.10. The van der Waals surface area contributed by atoms with Crippen LogP contribution in [0.2, 0.25) is 0 Å². The van der Waals surface area contributed by atoms with Gasteiger partial charge in [0.25, 0.3) is 0 Å². The van der Waals surface area contributed by atoms with Gasteiger partial charge in [0.1, 0.15) is 0 Å². The van der Waals surface area contributed by atoms with Gasteiger partial charge in [-0.15, -0.1) is 0 Å². The molecule has 2 aliphatic heterocycles. The van der Waals surface area contributed by atoms with E-state index in [0.717, 1.165) is 25.4 Å². The van der Waals surface area contributed by atoms with Crippen LogP contribution in [0.4, 0.5) is 0 Å². The molecule has 2 fully saturated rings. The summed E-state index contributed by atoms with van der Waals surface area (Å²) >= 11 is 2.03. The zero-order chi connectivity index (χ0) is 12.4. The Morgan fingerprint density at radius 1 is 1.47 bits per heavy atom. The molecule has 2 rings (SSSR count). The van der Waals surface area contributed by atoms with Gasteiger partial charge in [-0.3, -0.25) is 0 Å². The first kappa shape index (κ1) is 13.7. The monoisotopic (exact) mass is 258 g/mol. The van der Waals surface area contributed by atoms with E-state index in [0.29, 0.717) is 6.10 Å². The molecule has 0 aromatic rings. The van der Waals surface area contributed by atoms with E-state index in [4.69, 9.17) is 10.5 Å². The Morgan fingerprint density at radius 2 is 2.29 bits per heavy atom. The van der Waals surface area contributed by atoms with Gasteiger partial charge in [-0.2, -0.15) is 11.8 Å². The summed E-state index contributed by atoms with van der Waals surface area (Å²) in [7, 11) is 0. The molecule has 0 bridgehead atoms. The maximum absolute atomic E-state index is 6.08. The maximum atomic E-state index is 6.08. The predicted octanol–water partition coefficient (Wildman–Crippen LogP) is 1.62. The summed E-state index contributed by atoms with van der Waals surface area (Å²) in [5.41, 5.74) is 6.45. The molecule has 2 unspecified atom stereocenters. The lowest BCUT2D eigenvalue weighted by molar-refractivity contribution is 0.0777. The zero-order valence-corrected chi connectivity index (χ0v) is 11.9. The molecule has 0 spiro atoms. The molecule has 17 heavy (non-hydrogen) atoms. The standard InChI is InChI=1S/C13H26N2OS/c1-12(2)5-7-17-10-13(12,9-14)15-8-11-4-3-6-16-11/h11,15H,3-10,14H2,1-2H3. The molecule has 3 N–H and O–H groups in total. The van der Waals surface area contributed by atoms with E-state index in [-0.39, 0.29) is 11.0 Å². The van der Waals surface area contributed by atoms with Gasteiger partial charge in [-0.25, -0.2) is 0 Å². The average Bonchev–Trinajstić information content (AvgIpc) is 2.81. The summed E-state index contributed by atoms with van der Waals surface area (Å²) in [6.45, 7) is 7.31. The Kier molecular flexibility index (Phi) is 4.40. The second-order valence-corrected chi connectivity index (χ2v) is 7.09. The van der Waals surface area contributed by atoms with Crippen LogP contribution in [0, 0.1) is 5.41 Å². The van der Waals surface area contributed by atoms with E-state index >= 15 is 0 Å². The summed E-state index contributed by atoms with van der Waals surface area (Å²) < 4.78 is 5.69. The molecule has 2 atom stereocenters. The third-order valence-electron chi connectivity index (χ3n) is 4.56. The first-order valence-corrected chi connectivity index (χ1v) is 7.90.